The number of aliphatic hydroxyl groups is 1. The molecule has 0 saturated heterocycles. The lowest BCUT2D eigenvalue weighted by molar-refractivity contribution is -0.147. The van der Waals surface area contributed by atoms with E-state index >= 15 is 0 Å². The third-order valence-electron chi connectivity index (χ3n) is 3.05. The van der Waals surface area contributed by atoms with Crippen LogP contribution in [0.1, 0.15) is 24.6 Å². The second-order valence-corrected chi connectivity index (χ2v) is 4.42. The summed E-state index contributed by atoms with van der Waals surface area (Å²) in [7, 11) is 0. The highest BCUT2D eigenvalue weighted by atomic mass is 16.5. The van der Waals surface area contributed by atoms with Gasteiger partial charge < -0.3 is 9.84 Å². The van der Waals surface area contributed by atoms with Crippen LogP contribution in [0.3, 0.4) is 0 Å². The van der Waals surface area contributed by atoms with Gasteiger partial charge in [-0.05, 0) is 24.6 Å². The molecule has 0 bridgehead atoms. The molecule has 0 amide bonds. The van der Waals surface area contributed by atoms with Gasteiger partial charge in [-0.1, -0.05) is 36.4 Å². The Hall–Kier alpha value is -2.20. The lowest BCUT2D eigenvalue weighted by atomic mass is 9.87. The number of esters is 1. The van der Waals surface area contributed by atoms with Crippen LogP contribution in [-0.4, -0.2) is 22.7 Å². The molecule has 20 heavy (non-hydrogen) atoms. The molecule has 1 aromatic heterocycles. The zero-order valence-electron chi connectivity index (χ0n) is 11.3. The van der Waals surface area contributed by atoms with Crippen LogP contribution in [0.25, 0.3) is 0 Å². The predicted octanol–water partition coefficient (Wildman–Crippen LogP) is 2.27. The maximum Gasteiger partial charge on any atom is 0.309 e. The Morgan fingerprint density at radius 1 is 1.20 bits per heavy atom. The Morgan fingerprint density at radius 3 is 2.50 bits per heavy atom. The summed E-state index contributed by atoms with van der Waals surface area (Å²) in [5.41, 5.74) is -0.430. The third kappa shape index (κ3) is 3.03. The highest BCUT2D eigenvalue weighted by molar-refractivity contribution is 5.72. The van der Waals surface area contributed by atoms with Crippen LogP contribution < -0.4 is 0 Å². The van der Waals surface area contributed by atoms with E-state index in [0.29, 0.717) is 11.3 Å². The Labute approximate surface area is 118 Å². The molecule has 1 aromatic carbocycles. The van der Waals surface area contributed by atoms with E-state index < -0.39 is 11.6 Å². The van der Waals surface area contributed by atoms with Gasteiger partial charge in [-0.15, -0.1) is 0 Å². The Balaban J connectivity index is 2.41. The molecule has 0 spiro atoms. The summed E-state index contributed by atoms with van der Waals surface area (Å²) in [5.74, 6) is -0.454. The molecule has 0 radical (unpaired) electrons. The fraction of sp³-hybridized carbons (Fsp3) is 0.250. The molecule has 0 fully saturated rings. The number of ether oxygens (including phenoxy) is 1. The van der Waals surface area contributed by atoms with Crippen molar-refractivity contribution in [2.75, 3.05) is 6.61 Å². The van der Waals surface area contributed by atoms with E-state index in [2.05, 4.69) is 4.98 Å². The lowest BCUT2D eigenvalue weighted by Crippen LogP contribution is -2.32. The summed E-state index contributed by atoms with van der Waals surface area (Å²) in [6.07, 6.45) is 1.43. The minimum Gasteiger partial charge on any atom is -0.466 e. The summed E-state index contributed by atoms with van der Waals surface area (Å²) in [4.78, 5) is 16.0. The van der Waals surface area contributed by atoms with Crippen molar-refractivity contribution in [3.8, 4) is 0 Å². The van der Waals surface area contributed by atoms with Gasteiger partial charge in [-0.3, -0.25) is 9.78 Å². The van der Waals surface area contributed by atoms with Crippen molar-refractivity contribution in [2.24, 2.45) is 0 Å². The first-order chi connectivity index (χ1) is 9.66. The van der Waals surface area contributed by atoms with E-state index in [0.717, 1.165) is 0 Å². The topological polar surface area (TPSA) is 59.4 Å². The predicted molar refractivity (Wildman–Crippen MR) is 74.9 cm³/mol. The second kappa shape index (κ2) is 6.30. The van der Waals surface area contributed by atoms with Gasteiger partial charge in [0.15, 0.2) is 0 Å². The quantitative estimate of drug-likeness (QED) is 0.847. The molecule has 0 saturated carbocycles. The van der Waals surface area contributed by atoms with Gasteiger partial charge in [0.2, 0.25) is 0 Å². The standard InChI is InChI=1S/C16H17NO3/c1-2-20-15(18)12-16(19,13-8-4-3-5-9-13)14-10-6-7-11-17-14/h3-11,19H,2,12H2,1H3. The van der Waals surface area contributed by atoms with Crippen molar-refractivity contribution in [3.63, 3.8) is 0 Å². The van der Waals surface area contributed by atoms with E-state index in [4.69, 9.17) is 4.74 Å². The zero-order chi connectivity index (χ0) is 14.4. The first-order valence-electron chi connectivity index (χ1n) is 6.52. The van der Waals surface area contributed by atoms with E-state index in [9.17, 15) is 9.90 Å². The maximum atomic E-state index is 11.8. The molecule has 2 aromatic rings. The zero-order valence-corrected chi connectivity index (χ0v) is 11.3. The van der Waals surface area contributed by atoms with Gasteiger partial charge in [0.1, 0.15) is 5.60 Å². The molecular formula is C16H17NO3. The Kier molecular flexibility index (Phi) is 4.48. The molecule has 1 heterocycles. The van der Waals surface area contributed by atoms with Crippen molar-refractivity contribution in [2.45, 2.75) is 18.9 Å². The molecule has 0 aliphatic heterocycles. The summed E-state index contributed by atoms with van der Waals surface area (Å²) in [6, 6.07) is 14.3. The van der Waals surface area contributed by atoms with E-state index in [1.165, 1.54) is 0 Å². The largest absolute Gasteiger partial charge is 0.466 e. The highest BCUT2D eigenvalue weighted by Gasteiger charge is 2.36. The number of benzene rings is 1. The minimum absolute atomic E-state index is 0.165. The summed E-state index contributed by atoms with van der Waals surface area (Å²) in [6.45, 7) is 2.02. The molecule has 2 rings (SSSR count). The minimum atomic E-state index is -1.48. The summed E-state index contributed by atoms with van der Waals surface area (Å²) < 4.78 is 4.95. The fourth-order valence-corrected chi connectivity index (χ4v) is 2.08. The van der Waals surface area contributed by atoms with Crippen LogP contribution in [0, 0.1) is 0 Å². The average molecular weight is 271 g/mol. The van der Waals surface area contributed by atoms with Crippen LogP contribution >= 0.6 is 0 Å². The van der Waals surface area contributed by atoms with Crippen molar-refractivity contribution in [1.82, 2.24) is 4.98 Å². The molecule has 1 unspecified atom stereocenters. The van der Waals surface area contributed by atoms with Crippen LogP contribution in [0.15, 0.2) is 54.7 Å². The number of rotatable bonds is 5. The number of carbonyl (C=O) groups excluding carboxylic acids is 1. The van der Waals surface area contributed by atoms with Crippen LogP contribution in [0.4, 0.5) is 0 Å². The average Bonchev–Trinajstić information content (AvgIpc) is 2.49. The summed E-state index contributed by atoms with van der Waals surface area (Å²) in [5, 5.41) is 11.0. The summed E-state index contributed by atoms with van der Waals surface area (Å²) >= 11 is 0. The van der Waals surface area contributed by atoms with Crippen LogP contribution in [-0.2, 0) is 15.1 Å². The molecule has 0 aliphatic rings. The van der Waals surface area contributed by atoms with E-state index in [1.807, 2.05) is 18.2 Å². The van der Waals surface area contributed by atoms with Gasteiger partial charge in [-0.25, -0.2) is 0 Å². The third-order valence-corrected chi connectivity index (χ3v) is 3.05. The number of nitrogens with zero attached hydrogens (tertiary/aromatic N) is 1. The molecular weight excluding hydrogens is 254 g/mol. The highest BCUT2D eigenvalue weighted by Crippen LogP contribution is 2.31. The van der Waals surface area contributed by atoms with Crippen molar-refractivity contribution in [1.29, 1.82) is 0 Å². The van der Waals surface area contributed by atoms with Gasteiger partial charge in [0.05, 0.1) is 18.7 Å². The number of hydrogen-bond donors (Lipinski definition) is 1. The molecule has 4 nitrogen and oxygen atoms in total. The van der Waals surface area contributed by atoms with Crippen LogP contribution in [0.5, 0.6) is 0 Å². The van der Waals surface area contributed by atoms with Gasteiger partial charge in [0, 0.05) is 6.20 Å². The number of aromatic nitrogens is 1. The monoisotopic (exact) mass is 271 g/mol. The molecule has 0 aliphatic carbocycles. The van der Waals surface area contributed by atoms with Crippen molar-refractivity contribution < 1.29 is 14.6 Å². The van der Waals surface area contributed by atoms with Crippen LogP contribution in [0.2, 0.25) is 0 Å². The lowest BCUT2D eigenvalue weighted by Gasteiger charge is -2.27. The molecule has 1 N–H and O–H groups in total. The smallest absolute Gasteiger partial charge is 0.309 e. The van der Waals surface area contributed by atoms with Crippen molar-refractivity contribution in [3.05, 3.63) is 66.0 Å². The second-order valence-electron chi connectivity index (χ2n) is 4.42. The normalized spacial score (nSPS) is 13.5. The number of carbonyl (C=O) groups is 1. The fourth-order valence-electron chi connectivity index (χ4n) is 2.08. The van der Waals surface area contributed by atoms with Gasteiger partial charge in [-0.2, -0.15) is 0 Å². The maximum absolute atomic E-state index is 11.8. The van der Waals surface area contributed by atoms with Crippen molar-refractivity contribution >= 4 is 5.97 Å². The Bertz CT molecular complexity index is 515. The molecule has 4 heteroatoms. The number of pyridine rings is 1. The number of hydrogen-bond acceptors (Lipinski definition) is 4. The first-order valence-corrected chi connectivity index (χ1v) is 6.52. The Morgan fingerprint density at radius 2 is 1.90 bits per heavy atom. The van der Waals surface area contributed by atoms with E-state index in [-0.39, 0.29) is 13.0 Å². The molecule has 104 valence electrons. The molecule has 1 atom stereocenters. The SMILES string of the molecule is CCOC(=O)CC(O)(c1ccccc1)c1ccccn1. The van der Waals surface area contributed by atoms with Gasteiger partial charge in [0.25, 0.3) is 0 Å². The van der Waals surface area contributed by atoms with Gasteiger partial charge >= 0.3 is 5.97 Å². The first kappa shape index (κ1) is 14.2. The van der Waals surface area contributed by atoms with E-state index in [1.54, 1.807) is 43.5 Å².